The van der Waals surface area contributed by atoms with Gasteiger partial charge in [0.15, 0.2) is 0 Å². The van der Waals surface area contributed by atoms with Gasteiger partial charge >= 0.3 is 12.4 Å². The Morgan fingerprint density at radius 1 is 0.704 bits per heavy atom. The molecule has 0 aromatic heterocycles. The molecule has 0 bridgehead atoms. The number of hydrogen-bond donors (Lipinski definition) is 4. The summed E-state index contributed by atoms with van der Waals surface area (Å²) in [5.74, 6) is -0.915. The molecule has 1 saturated carbocycles. The number of amides is 2. The number of alkyl halides is 6. The van der Waals surface area contributed by atoms with E-state index in [4.69, 9.17) is 0 Å². The zero-order valence-corrected chi connectivity index (χ0v) is 29.6. The first kappa shape index (κ1) is 39.0. The summed E-state index contributed by atoms with van der Waals surface area (Å²) in [4.78, 5) is 26.7. The van der Waals surface area contributed by atoms with Gasteiger partial charge < -0.3 is 15.7 Å². The fourth-order valence-corrected chi connectivity index (χ4v) is 8.00. The predicted octanol–water partition coefficient (Wildman–Crippen LogP) is 8.83. The molecule has 0 saturated heterocycles. The van der Waals surface area contributed by atoms with Crippen LogP contribution >= 0.6 is 0 Å². The summed E-state index contributed by atoms with van der Waals surface area (Å²) in [6.07, 6.45) is -5.35. The van der Waals surface area contributed by atoms with Crippen molar-refractivity contribution in [2.75, 3.05) is 13.1 Å². The maximum Gasteiger partial charge on any atom is 0.416 e. The second kappa shape index (κ2) is 16.4. The first-order chi connectivity index (χ1) is 25.8. The van der Waals surface area contributed by atoms with E-state index in [-0.39, 0.29) is 17.9 Å². The van der Waals surface area contributed by atoms with Crippen molar-refractivity contribution in [2.45, 2.75) is 81.4 Å². The molecule has 2 aliphatic carbocycles. The van der Waals surface area contributed by atoms with E-state index < -0.39 is 42.0 Å². The van der Waals surface area contributed by atoms with Crippen molar-refractivity contribution in [1.29, 1.82) is 0 Å². The highest BCUT2D eigenvalue weighted by Gasteiger charge is 2.49. The minimum Gasteiger partial charge on any atom is -0.374 e. The van der Waals surface area contributed by atoms with Gasteiger partial charge in [0.2, 0.25) is 11.8 Å². The number of nitrogens with one attached hydrogen (secondary N) is 3. The van der Waals surface area contributed by atoms with Crippen molar-refractivity contribution in [2.24, 2.45) is 5.92 Å². The third-order valence-electron chi connectivity index (χ3n) is 10.7. The van der Waals surface area contributed by atoms with E-state index in [1.807, 2.05) is 36.4 Å². The van der Waals surface area contributed by atoms with Crippen LogP contribution in [0.4, 0.5) is 26.3 Å². The lowest BCUT2D eigenvalue weighted by Crippen LogP contribution is -2.47. The standard InChI is InChI=1S/C42H43F6N3O3/c43-41(44,45)26-50-39(54)40(35-14-6-4-11-32(35)33-12-5-7-15-36(33)40)24-8-1-9-25-49-37(52)28-18-22-30(23-19-28)51-38(53)34-13-3-2-10-31(34)27-16-20-29(21-17-27)42(46,47)48/h2-7,10-17,20-21,28,30,38,51,53H,1,8-9,18-19,22-26H2,(H,49,52)(H,50,54)/t28?,30?,38-/m0/s1. The Hall–Kier alpha value is -4.68. The Bertz CT molecular complexity index is 1870. The van der Waals surface area contributed by atoms with Gasteiger partial charge in [-0.25, -0.2) is 0 Å². The quantitative estimate of drug-likeness (QED) is 0.0625. The second-order valence-corrected chi connectivity index (χ2v) is 14.2. The van der Waals surface area contributed by atoms with Crippen LogP contribution < -0.4 is 16.0 Å². The predicted molar refractivity (Wildman–Crippen MR) is 194 cm³/mol. The van der Waals surface area contributed by atoms with Crippen LogP contribution in [-0.4, -0.2) is 42.2 Å². The number of aliphatic hydroxyl groups excluding tert-OH is 1. The van der Waals surface area contributed by atoms with Gasteiger partial charge in [-0.3, -0.25) is 14.9 Å². The molecule has 0 heterocycles. The Morgan fingerprint density at radius 2 is 1.28 bits per heavy atom. The zero-order valence-electron chi connectivity index (χ0n) is 29.6. The maximum atomic E-state index is 13.7. The fourth-order valence-electron chi connectivity index (χ4n) is 8.00. The van der Waals surface area contributed by atoms with Crippen LogP contribution in [0.1, 0.15) is 79.8 Å². The number of carbonyl (C=O) groups is 2. The number of halogens is 6. The van der Waals surface area contributed by atoms with Crippen molar-refractivity contribution in [3.63, 3.8) is 0 Å². The van der Waals surface area contributed by atoms with Crippen LogP contribution in [0, 0.1) is 5.92 Å². The summed E-state index contributed by atoms with van der Waals surface area (Å²) in [6, 6.07) is 26.5. The molecule has 1 atom stereocenters. The van der Waals surface area contributed by atoms with Gasteiger partial charge in [0.05, 0.1) is 5.56 Å². The van der Waals surface area contributed by atoms with E-state index in [2.05, 4.69) is 16.0 Å². The number of benzene rings is 4. The van der Waals surface area contributed by atoms with Crippen LogP contribution in [0.15, 0.2) is 97.1 Å². The molecular weight excluding hydrogens is 708 g/mol. The number of carbonyl (C=O) groups excluding carboxylic acids is 2. The molecular formula is C42H43F6N3O3. The van der Waals surface area contributed by atoms with Crippen LogP contribution in [0.5, 0.6) is 0 Å². The third-order valence-corrected chi connectivity index (χ3v) is 10.7. The number of fused-ring (bicyclic) bond motifs is 3. The summed E-state index contributed by atoms with van der Waals surface area (Å²) < 4.78 is 78.7. The first-order valence-electron chi connectivity index (χ1n) is 18.3. The second-order valence-electron chi connectivity index (χ2n) is 14.2. The number of unbranched alkanes of at least 4 members (excludes halogenated alkanes) is 2. The van der Waals surface area contributed by atoms with E-state index in [0.29, 0.717) is 85.7 Å². The molecule has 0 spiro atoms. The van der Waals surface area contributed by atoms with Crippen molar-refractivity contribution < 1.29 is 41.0 Å². The van der Waals surface area contributed by atoms with Crippen LogP contribution in [0.2, 0.25) is 0 Å². The van der Waals surface area contributed by atoms with Crippen molar-refractivity contribution in [3.8, 4) is 22.3 Å². The fraction of sp³-hybridized carbons (Fsp3) is 0.381. The minimum atomic E-state index is -4.54. The maximum absolute atomic E-state index is 13.7. The molecule has 2 aliphatic rings. The largest absolute Gasteiger partial charge is 0.416 e. The normalized spacial score (nSPS) is 18.4. The van der Waals surface area contributed by atoms with Gasteiger partial charge in [0.25, 0.3) is 0 Å². The van der Waals surface area contributed by atoms with E-state index in [0.717, 1.165) is 23.3 Å². The Balaban J connectivity index is 0.978. The lowest BCUT2D eigenvalue weighted by atomic mass is 9.73. The highest BCUT2D eigenvalue weighted by atomic mass is 19.4. The van der Waals surface area contributed by atoms with Crippen molar-refractivity contribution in [1.82, 2.24) is 16.0 Å². The number of rotatable bonds is 13. The summed E-state index contributed by atoms with van der Waals surface area (Å²) in [6.45, 7) is -0.987. The third kappa shape index (κ3) is 8.65. The molecule has 0 radical (unpaired) electrons. The molecule has 0 aliphatic heterocycles. The molecule has 2 amide bonds. The van der Waals surface area contributed by atoms with Gasteiger partial charge in [-0.15, -0.1) is 0 Å². The Labute approximate surface area is 310 Å². The van der Waals surface area contributed by atoms with Crippen molar-refractivity contribution in [3.05, 3.63) is 119 Å². The van der Waals surface area contributed by atoms with E-state index >= 15 is 0 Å². The highest BCUT2D eigenvalue weighted by Crippen LogP contribution is 2.51. The molecule has 4 N–H and O–H groups in total. The summed E-state index contributed by atoms with van der Waals surface area (Å²) in [7, 11) is 0. The van der Waals surface area contributed by atoms with Gasteiger partial charge in [0, 0.05) is 24.1 Å². The van der Waals surface area contributed by atoms with Gasteiger partial charge in [-0.05, 0) is 84.0 Å². The van der Waals surface area contributed by atoms with E-state index in [1.165, 1.54) is 12.1 Å². The average molecular weight is 752 g/mol. The van der Waals surface area contributed by atoms with Gasteiger partial charge in [-0.2, -0.15) is 26.3 Å². The monoisotopic (exact) mass is 751 g/mol. The van der Waals surface area contributed by atoms with Crippen molar-refractivity contribution >= 4 is 11.8 Å². The molecule has 4 aromatic rings. The first-order valence-corrected chi connectivity index (χ1v) is 18.3. The highest BCUT2D eigenvalue weighted by molar-refractivity contribution is 6.00. The summed E-state index contributed by atoms with van der Waals surface area (Å²) >= 11 is 0. The van der Waals surface area contributed by atoms with Gasteiger partial charge in [0.1, 0.15) is 18.2 Å². The molecule has 12 heteroatoms. The molecule has 54 heavy (non-hydrogen) atoms. The number of aliphatic hydroxyl groups is 1. The molecule has 1 fully saturated rings. The molecule has 4 aromatic carbocycles. The zero-order chi connectivity index (χ0) is 38.5. The Morgan fingerprint density at radius 3 is 1.87 bits per heavy atom. The van der Waals surface area contributed by atoms with Crippen LogP contribution in [0.3, 0.4) is 0 Å². The molecule has 0 unspecified atom stereocenters. The lowest BCUT2D eigenvalue weighted by molar-refractivity contribution is -0.141. The smallest absolute Gasteiger partial charge is 0.374 e. The summed E-state index contributed by atoms with van der Waals surface area (Å²) in [5.41, 5.74) is 2.79. The number of hydrogen-bond acceptors (Lipinski definition) is 4. The summed E-state index contributed by atoms with van der Waals surface area (Å²) in [5, 5.41) is 19.5. The van der Waals surface area contributed by atoms with E-state index in [9.17, 15) is 41.0 Å². The molecule has 6 nitrogen and oxygen atoms in total. The van der Waals surface area contributed by atoms with Crippen LogP contribution in [0.25, 0.3) is 22.3 Å². The topological polar surface area (TPSA) is 90.5 Å². The van der Waals surface area contributed by atoms with E-state index in [1.54, 1.807) is 36.4 Å². The SMILES string of the molecule is O=C(NCCCCCC1(C(=O)NCC(F)(F)F)c2ccccc2-c2ccccc21)C1CCC(N[C@@H](O)c2ccccc2-c2ccc(C(F)(F)F)cc2)CC1. The lowest BCUT2D eigenvalue weighted by Gasteiger charge is -2.31. The minimum absolute atomic E-state index is 0.0525. The average Bonchev–Trinajstić information content (AvgIpc) is 3.45. The Kier molecular flexibility index (Phi) is 11.8. The van der Waals surface area contributed by atoms with Gasteiger partial charge in [-0.1, -0.05) is 97.8 Å². The molecule has 286 valence electrons. The van der Waals surface area contributed by atoms with Crippen LogP contribution in [-0.2, 0) is 21.2 Å². The molecule has 6 rings (SSSR count).